The first-order valence-electron chi connectivity index (χ1n) is 5.59. The maximum absolute atomic E-state index is 5.83. The Kier molecular flexibility index (Phi) is 2.36. The van der Waals surface area contributed by atoms with Gasteiger partial charge in [-0.1, -0.05) is 12.1 Å². The monoisotopic (exact) mass is 230 g/mol. The minimum absolute atomic E-state index is 0.699. The minimum atomic E-state index is 0.699. The van der Waals surface area contributed by atoms with Crippen LogP contribution in [0.1, 0.15) is 5.69 Å². The number of hydrogen-bond acceptors (Lipinski definition) is 4. The standard InChI is InChI=1S/C12H14N4O/c13-9-7-14-15-10(9)8-16-5-6-17-12-4-2-1-3-11(12)16/h1-4,7H,5-6,8,13H2,(H,14,15). The van der Waals surface area contributed by atoms with E-state index in [9.17, 15) is 0 Å². The van der Waals surface area contributed by atoms with Crippen molar-refractivity contribution in [3.05, 3.63) is 36.2 Å². The van der Waals surface area contributed by atoms with Crippen molar-refractivity contribution < 1.29 is 4.74 Å². The summed E-state index contributed by atoms with van der Waals surface area (Å²) in [4.78, 5) is 2.24. The van der Waals surface area contributed by atoms with E-state index in [2.05, 4.69) is 21.2 Å². The first-order valence-corrected chi connectivity index (χ1v) is 5.59. The van der Waals surface area contributed by atoms with Crippen molar-refractivity contribution in [2.75, 3.05) is 23.8 Å². The molecule has 0 unspecified atom stereocenters. The van der Waals surface area contributed by atoms with Gasteiger partial charge in [-0.3, -0.25) is 5.10 Å². The summed E-state index contributed by atoms with van der Waals surface area (Å²) >= 11 is 0. The van der Waals surface area contributed by atoms with E-state index in [1.54, 1.807) is 6.20 Å². The number of para-hydroxylation sites is 2. The molecule has 3 rings (SSSR count). The highest BCUT2D eigenvalue weighted by Crippen LogP contribution is 2.32. The van der Waals surface area contributed by atoms with E-state index in [1.807, 2.05) is 18.2 Å². The Morgan fingerprint density at radius 1 is 1.41 bits per heavy atom. The van der Waals surface area contributed by atoms with Gasteiger partial charge in [-0.05, 0) is 12.1 Å². The van der Waals surface area contributed by atoms with Crippen LogP contribution in [0.4, 0.5) is 11.4 Å². The van der Waals surface area contributed by atoms with Gasteiger partial charge >= 0.3 is 0 Å². The number of aromatic nitrogens is 2. The Morgan fingerprint density at radius 2 is 2.29 bits per heavy atom. The molecule has 1 aliphatic rings. The fourth-order valence-corrected chi connectivity index (χ4v) is 2.03. The Balaban J connectivity index is 1.88. The van der Waals surface area contributed by atoms with Crippen molar-refractivity contribution in [3.63, 3.8) is 0 Å². The summed E-state index contributed by atoms with van der Waals surface area (Å²) < 4.78 is 5.60. The van der Waals surface area contributed by atoms with Gasteiger partial charge in [0, 0.05) is 0 Å². The predicted molar refractivity (Wildman–Crippen MR) is 66.0 cm³/mol. The minimum Gasteiger partial charge on any atom is -0.490 e. The van der Waals surface area contributed by atoms with Crippen LogP contribution in [0.3, 0.4) is 0 Å². The molecular weight excluding hydrogens is 216 g/mol. The van der Waals surface area contributed by atoms with Crippen LogP contribution in [0, 0.1) is 0 Å². The number of nitrogen functional groups attached to an aromatic ring is 1. The normalized spacial score (nSPS) is 14.2. The van der Waals surface area contributed by atoms with Crippen LogP contribution in [0.5, 0.6) is 5.75 Å². The number of ether oxygens (including phenoxy) is 1. The van der Waals surface area contributed by atoms with E-state index in [-0.39, 0.29) is 0 Å². The van der Waals surface area contributed by atoms with Crippen molar-refractivity contribution in [3.8, 4) is 5.75 Å². The summed E-state index contributed by atoms with van der Waals surface area (Å²) in [5, 5.41) is 6.86. The van der Waals surface area contributed by atoms with Crippen LogP contribution in [-0.2, 0) is 6.54 Å². The average molecular weight is 230 g/mol. The Labute approximate surface area is 99.2 Å². The van der Waals surface area contributed by atoms with Crippen LogP contribution < -0.4 is 15.4 Å². The van der Waals surface area contributed by atoms with E-state index < -0.39 is 0 Å². The van der Waals surface area contributed by atoms with Gasteiger partial charge in [0.2, 0.25) is 0 Å². The van der Waals surface area contributed by atoms with Crippen molar-refractivity contribution in [2.24, 2.45) is 0 Å². The van der Waals surface area contributed by atoms with E-state index in [4.69, 9.17) is 10.5 Å². The van der Waals surface area contributed by atoms with Crippen LogP contribution in [0.25, 0.3) is 0 Å². The molecule has 1 aliphatic heterocycles. The van der Waals surface area contributed by atoms with Crippen LogP contribution in [0.2, 0.25) is 0 Å². The molecule has 0 bridgehead atoms. The Morgan fingerprint density at radius 3 is 3.12 bits per heavy atom. The van der Waals surface area contributed by atoms with Gasteiger partial charge in [0.05, 0.1) is 36.4 Å². The number of nitrogens with two attached hydrogens (primary N) is 1. The van der Waals surface area contributed by atoms with Crippen LogP contribution in [0.15, 0.2) is 30.5 Å². The number of aromatic amines is 1. The van der Waals surface area contributed by atoms with E-state index in [0.29, 0.717) is 12.3 Å². The maximum Gasteiger partial charge on any atom is 0.142 e. The van der Waals surface area contributed by atoms with Gasteiger partial charge in [0.1, 0.15) is 12.4 Å². The zero-order valence-corrected chi connectivity index (χ0v) is 9.39. The molecule has 88 valence electrons. The van der Waals surface area contributed by atoms with E-state index in [1.165, 1.54) is 0 Å². The third-order valence-corrected chi connectivity index (χ3v) is 2.93. The highest BCUT2D eigenvalue weighted by atomic mass is 16.5. The number of H-pyrrole nitrogens is 1. The van der Waals surface area contributed by atoms with Gasteiger partial charge in [-0.15, -0.1) is 0 Å². The molecule has 0 atom stereocenters. The van der Waals surface area contributed by atoms with Crippen molar-refractivity contribution in [2.45, 2.75) is 6.54 Å². The summed E-state index contributed by atoms with van der Waals surface area (Å²) in [5.74, 6) is 0.928. The summed E-state index contributed by atoms with van der Waals surface area (Å²) in [6.07, 6.45) is 1.64. The fraction of sp³-hybridized carbons (Fsp3) is 0.250. The third-order valence-electron chi connectivity index (χ3n) is 2.93. The molecule has 1 aromatic carbocycles. The van der Waals surface area contributed by atoms with E-state index in [0.717, 1.165) is 30.2 Å². The third kappa shape index (κ3) is 1.80. The van der Waals surface area contributed by atoms with Gasteiger partial charge in [-0.25, -0.2) is 0 Å². The molecule has 2 heterocycles. The van der Waals surface area contributed by atoms with Gasteiger partial charge in [-0.2, -0.15) is 5.10 Å². The zero-order valence-electron chi connectivity index (χ0n) is 9.39. The smallest absolute Gasteiger partial charge is 0.142 e. The van der Waals surface area contributed by atoms with Crippen LogP contribution in [-0.4, -0.2) is 23.3 Å². The van der Waals surface area contributed by atoms with Gasteiger partial charge in [0.25, 0.3) is 0 Å². The second kappa shape index (κ2) is 4.01. The molecule has 5 heteroatoms. The highest BCUT2D eigenvalue weighted by molar-refractivity contribution is 5.60. The molecule has 0 saturated heterocycles. The molecule has 0 fully saturated rings. The lowest BCUT2D eigenvalue weighted by Crippen LogP contribution is -2.32. The molecule has 0 radical (unpaired) electrons. The summed E-state index contributed by atoms with van der Waals surface area (Å²) in [6, 6.07) is 8.03. The molecule has 0 saturated carbocycles. The molecule has 0 amide bonds. The second-order valence-corrected chi connectivity index (χ2v) is 4.04. The molecule has 0 aliphatic carbocycles. The number of nitrogens with one attached hydrogen (secondary N) is 1. The van der Waals surface area contributed by atoms with Gasteiger partial charge < -0.3 is 15.4 Å². The highest BCUT2D eigenvalue weighted by Gasteiger charge is 2.18. The SMILES string of the molecule is Nc1cn[nH]c1CN1CCOc2ccccc21. The number of benzene rings is 1. The molecule has 2 aromatic rings. The second-order valence-electron chi connectivity index (χ2n) is 4.04. The van der Waals surface area contributed by atoms with Crippen molar-refractivity contribution >= 4 is 11.4 Å². The summed E-state index contributed by atoms with van der Waals surface area (Å²) in [5.41, 5.74) is 8.58. The first kappa shape index (κ1) is 10.0. The van der Waals surface area contributed by atoms with E-state index >= 15 is 0 Å². The molecular formula is C12H14N4O. The largest absolute Gasteiger partial charge is 0.490 e. The number of nitrogens with zero attached hydrogens (tertiary/aromatic N) is 2. The average Bonchev–Trinajstić information content (AvgIpc) is 2.76. The molecule has 17 heavy (non-hydrogen) atoms. The lowest BCUT2D eigenvalue weighted by atomic mass is 10.2. The summed E-state index contributed by atoms with van der Waals surface area (Å²) in [6.45, 7) is 2.28. The molecule has 3 N–H and O–H groups in total. The molecule has 0 spiro atoms. The predicted octanol–water partition coefficient (Wildman–Crippen LogP) is 1.39. The first-order chi connectivity index (χ1) is 8.34. The van der Waals surface area contributed by atoms with Crippen LogP contribution >= 0.6 is 0 Å². The quantitative estimate of drug-likeness (QED) is 0.818. The van der Waals surface area contributed by atoms with Crippen molar-refractivity contribution in [1.29, 1.82) is 0 Å². The lowest BCUT2D eigenvalue weighted by Gasteiger charge is -2.30. The number of rotatable bonds is 2. The van der Waals surface area contributed by atoms with Crippen molar-refractivity contribution in [1.82, 2.24) is 10.2 Å². The number of anilines is 2. The summed E-state index contributed by atoms with van der Waals surface area (Å²) in [7, 11) is 0. The maximum atomic E-state index is 5.83. The molecule has 1 aromatic heterocycles. The molecule has 5 nitrogen and oxygen atoms in total. The lowest BCUT2D eigenvalue weighted by molar-refractivity contribution is 0.306. The number of fused-ring (bicyclic) bond motifs is 1. The Hall–Kier alpha value is -2.17. The Bertz CT molecular complexity index is 523. The fourth-order valence-electron chi connectivity index (χ4n) is 2.03. The zero-order chi connectivity index (χ0) is 11.7. The van der Waals surface area contributed by atoms with Gasteiger partial charge in [0.15, 0.2) is 0 Å². The number of hydrogen-bond donors (Lipinski definition) is 2. The topological polar surface area (TPSA) is 67.2 Å².